The van der Waals surface area contributed by atoms with Crippen LogP contribution in [0.15, 0.2) is 60.7 Å². The lowest BCUT2D eigenvalue weighted by Gasteiger charge is -2.34. The lowest BCUT2D eigenvalue weighted by molar-refractivity contribution is -0.138. The Kier molecular flexibility index (Phi) is 7.93. The summed E-state index contributed by atoms with van der Waals surface area (Å²) in [7, 11) is 0. The number of piperazine rings is 1. The number of halogens is 3. The average molecular weight is 591 g/mol. The Hall–Kier alpha value is -4.22. The average Bonchev–Trinajstić information content (AvgIpc) is 3.79. The molecule has 43 heavy (non-hydrogen) atoms. The standard InChI is InChI=1S/C32H33F3N6O2/c1-2-40-13-15-41(16-14-40)19-24-9-11-25(18-27(24)32(33,34)35)36-30(42)21-5-3-20(4-6-21)23-10-12-26-28(17-23)38-39-29(26)37-31(43)22-7-8-22/h3-6,9-12,17-18,22H,2,7-8,13-16,19H2,1H3,(H,36,42)(H2,37,38,39,43). The fourth-order valence-corrected chi connectivity index (χ4v) is 5.44. The molecule has 2 aliphatic rings. The molecule has 6 rings (SSSR count). The van der Waals surface area contributed by atoms with Gasteiger partial charge in [0, 0.05) is 55.3 Å². The monoisotopic (exact) mass is 590 g/mol. The highest BCUT2D eigenvalue weighted by molar-refractivity contribution is 6.05. The summed E-state index contributed by atoms with van der Waals surface area (Å²) in [6.45, 7) is 6.33. The number of aromatic nitrogens is 2. The van der Waals surface area contributed by atoms with Crippen molar-refractivity contribution < 1.29 is 22.8 Å². The summed E-state index contributed by atoms with van der Waals surface area (Å²) >= 11 is 0. The van der Waals surface area contributed by atoms with Gasteiger partial charge >= 0.3 is 6.18 Å². The molecule has 1 saturated heterocycles. The van der Waals surface area contributed by atoms with Gasteiger partial charge in [0.05, 0.1) is 11.1 Å². The Morgan fingerprint density at radius 3 is 2.28 bits per heavy atom. The molecule has 1 aliphatic heterocycles. The van der Waals surface area contributed by atoms with Crippen molar-refractivity contribution in [2.75, 3.05) is 43.4 Å². The maximum absolute atomic E-state index is 14.0. The van der Waals surface area contributed by atoms with Crippen LogP contribution in [0.5, 0.6) is 0 Å². The molecule has 1 aromatic heterocycles. The van der Waals surface area contributed by atoms with Crippen molar-refractivity contribution in [1.29, 1.82) is 0 Å². The van der Waals surface area contributed by atoms with Gasteiger partial charge in [-0.05, 0) is 72.5 Å². The molecular formula is C32H33F3N6O2. The molecule has 3 N–H and O–H groups in total. The van der Waals surface area contributed by atoms with E-state index in [0.29, 0.717) is 11.4 Å². The van der Waals surface area contributed by atoms with Crippen LogP contribution in [-0.2, 0) is 17.5 Å². The molecule has 0 bridgehead atoms. The number of hydrogen-bond donors (Lipinski definition) is 3. The van der Waals surface area contributed by atoms with Crippen molar-refractivity contribution in [3.8, 4) is 11.1 Å². The number of nitrogens with zero attached hydrogens (tertiary/aromatic N) is 3. The van der Waals surface area contributed by atoms with E-state index in [1.165, 1.54) is 12.1 Å². The van der Waals surface area contributed by atoms with Gasteiger partial charge in [-0.1, -0.05) is 31.2 Å². The van der Waals surface area contributed by atoms with Gasteiger partial charge in [-0.25, -0.2) is 0 Å². The lowest BCUT2D eigenvalue weighted by Crippen LogP contribution is -2.45. The summed E-state index contributed by atoms with van der Waals surface area (Å²) in [4.78, 5) is 29.4. The summed E-state index contributed by atoms with van der Waals surface area (Å²) in [5.41, 5.74) is 2.37. The minimum Gasteiger partial charge on any atom is -0.322 e. The Morgan fingerprint density at radius 1 is 0.907 bits per heavy atom. The molecular weight excluding hydrogens is 557 g/mol. The van der Waals surface area contributed by atoms with Crippen LogP contribution in [0.2, 0.25) is 0 Å². The van der Waals surface area contributed by atoms with Gasteiger partial charge in [-0.2, -0.15) is 18.3 Å². The number of hydrogen-bond acceptors (Lipinski definition) is 5. The van der Waals surface area contributed by atoms with Gasteiger partial charge in [-0.15, -0.1) is 0 Å². The number of amides is 2. The van der Waals surface area contributed by atoms with E-state index in [-0.39, 0.29) is 29.6 Å². The number of likely N-dealkylation sites (N-methyl/N-ethyl adjacent to an activating group) is 1. The first-order valence-corrected chi connectivity index (χ1v) is 14.5. The maximum atomic E-state index is 14.0. The summed E-state index contributed by atoms with van der Waals surface area (Å²) in [5.74, 6) is 0.0629. The predicted molar refractivity (Wildman–Crippen MR) is 160 cm³/mol. The predicted octanol–water partition coefficient (Wildman–Crippen LogP) is 5.99. The molecule has 1 saturated carbocycles. The largest absolute Gasteiger partial charge is 0.416 e. The molecule has 2 amide bonds. The van der Waals surface area contributed by atoms with E-state index in [4.69, 9.17) is 0 Å². The van der Waals surface area contributed by atoms with Crippen LogP contribution in [0.4, 0.5) is 24.7 Å². The molecule has 1 aliphatic carbocycles. The summed E-state index contributed by atoms with van der Waals surface area (Å²) in [6.07, 6.45) is -2.72. The number of carbonyl (C=O) groups excluding carboxylic acids is 2. The summed E-state index contributed by atoms with van der Waals surface area (Å²) < 4.78 is 42.0. The zero-order valence-corrected chi connectivity index (χ0v) is 23.8. The fraction of sp³-hybridized carbons (Fsp3) is 0.344. The van der Waals surface area contributed by atoms with Crippen molar-refractivity contribution in [3.05, 3.63) is 77.4 Å². The zero-order valence-electron chi connectivity index (χ0n) is 23.8. The minimum absolute atomic E-state index is 0.0158. The van der Waals surface area contributed by atoms with E-state index >= 15 is 0 Å². The van der Waals surface area contributed by atoms with Crippen LogP contribution < -0.4 is 10.6 Å². The van der Waals surface area contributed by atoms with Crippen molar-refractivity contribution in [2.24, 2.45) is 5.92 Å². The number of nitrogens with one attached hydrogen (secondary N) is 3. The Balaban J connectivity index is 1.13. The first-order valence-electron chi connectivity index (χ1n) is 14.5. The number of H-pyrrole nitrogens is 1. The van der Waals surface area contributed by atoms with Gasteiger partial charge in [0.2, 0.25) is 5.91 Å². The number of benzene rings is 3. The minimum atomic E-state index is -4.54. The molecule has 0 spiro atoms. The fourth-order valence-electron chi connectivity index (χ4n) is 5.44. The van der Waals surface area contributed by atoms with E-state index < -0.39 is 17.6 Å². The number of anilines is 2. The van der Waals surface area contributed by atoms with E-state index in [1.54, 1.807) is 24.3 Å². The number of aromatic amines is 1. The highest BCUT2D eigenvalue weighted by atomic mass is 19.4. The van der Waals surface area contributed by atoms with Gasteiger partial charge in [0.1, 0.15) is 0 Å². The van der Waals surface area contributed by atoms with Crippen molar-refractivity contribution >= 4 is 34.2 Å². The smallest absolute Gasteiger partial charge is 0.322 e. The second-order valence-electron chi connectivity index (χ2n) is 11.2. The molecule has 0 unspecified atom stereocenters. The van der Waals surface area contributed by atoms with Crippen LogP contribution >= 0.6 is 0 Å². The van der Waals surface area contributed by atoms with E-state index in [1.807, 2.05) is 23.1 Å². The Morgan fingerprint density at radius 2 is 1.60 bits per heavy atom. The third-order valence-electron chi connectivity index (χ3n) is 8.21. The molecule has 2 heterocycles. The number of fused-ring (bicyclic) bond motifs is 1. The van der Waals surface area contributed by atoms with E-state index in [9.17, 15) is 22.8 Å². The normalized spacial score (nSPS) is 16.4. The highest BCUT2D eigenvalue weighted by Crippen LogP contribution is 2.35. The van der Waals surface area contributed by atoms with Crippen molar-refractivity contribution in [1.82, 2.24) is 20.0 Å². The van der Waals surface area contributed by atoms with Gasteiger partial charge in [-0.3, -0.25) is 19.6 Å². The molecule has 2 fully saturated rings. The summed E-state index contributed by atoms with van der Waals surface area (Å²) in [5, 5.41) is 13.5. The summed E-state index contributed by atoms with van der Waals surface area (Å²) in [6, 6.07) is 16.5. The number of carbonyl (C=O) groups is 2. The van der Waals surface area contributed by atoms with E-state index in [2.05, 4.69) is 32.7 Å². The van der Waals surface area contributed by atoms with E-state index in [0.717, 1.165) is 73.7 Å². The highest BCUT2D eigenvalue weighted by Gasteiger charge is 2.34. The molecule has 11 heteroatoms. The third kappa shape index (κ3) is 6.57. The Bertz CT molecular complexity index is 1640. The molecule has 0 radical (unpaired) electrons. The first kappa shape index (κ1) is 28.9. The molecule has 224 valence electrons. The van der Waals surface area contributed by atoms with Gasteiger partial charge in [0.15, 0.2) is 5.82 Å². The zero-order chi connectivity index (χ0) is 30.1. The quantitative estimate of drug-likeness (QED) is 0.235. The molecule has 4 aromatic rings. The molecule has 8 nitrogen and oxygen atoms in total. The third-order valence-corrected chi connectivity index (χ3v) is 8.21. The van der Waals surface area contributed by atoms with Crippen LogP contribution in [0, 0.1) is 5.92 Å². The Labute approximate surface area is 247 Å². The van der Waals surface area contributed by atoms with Crippen LogP contribution in [-0.4, -0.2) is 64.5 Å². The van der Waals surface area contributed by atoms with Crippen LogP contribution in [0.3, 0.4) is 0 Å². The first-order chi connectivity index (χ1) is 20.7. The second-order valence-corrected chi connectivity index (χ2v) is 11.2. The van der Waals surface area contributed by atoms with Crippen molar-refractivity contribution in [2.45, 2.75) is 32.5 Å². The van der Waals surface area contributed by atoms with Crippen molar-refractivity contribution in [3.63, 3.8) is 0 Å². The van der Waals surface area contributed by atoms with Gasteiger partial charge < -0.3 is 15.5 Å². The lowest BCUT2D eigenvalue weighted by atomic mass is 10.0. The van der Waals surface area contributed by atoms with Gasteiger partial charge in [0.25, 0.3) is 5.91 Å². The topological polar surface area (TPSA) is 93.4 Å². The number of rotatable bonds is 8. The molecule has 0 atom stereocenters. The maximum Gasteiger partial charge on any atom is 0.416 e. The number of alkyl halides is 3. The molecule has 3 aromatic carbocycles. The van der Waals surface area contributed by atoms with Crippen LogP contribution in [0.25, 0.3) is 22.0 Å². The van der Waals surface area contributed by atoms with Crippen LogP contribution in [0.1, 0.15) is 41.3 Å². The SMILES string of the molecule is CCN1CCN(Cc2ccc(NC(=O)c3ccc(-c4ccc5c(NC(=O)C6CC6)n[nH]c5c4)cc3)cc2C(F)(F)F)CC1. The second kappa shape index (κ2) is 11.8.